The first kappa shape index (κ1) is 13.8. The summed E-state index contributed by atoms with van der Waals surface area (Å²) in [5.74, 6) is 0. The van der Waals surface area contributed by atoms with Crippen molar-refractivity contribution in [3.63, 3.8) is 0 Å². The zero-order chi connectivity index (χ0) is 13.3. The molecule has 1 aliphatic rings. The molecule has 1 saturated carbocycles. The Hall–Kier alpha value is -1.60. The van der Waals surface area contributed by atoms with Gasteiger partial charge in [0.2, 0.25) is 0 Å². The third-order valence-corrected chi connectivity index (χ3v) is 3.46. The highest BCUT2D eigenvalue weighted by Crippen LogP contribution is 2.19. The van der Waals surface area contributed by atoms with Crippen LogP contribution < -0.4 is 5.32 Å². The van der Waals surface area contributed by atoms with E-state index in [0.717, 1.165) is 18.8 Å². The Morgan fingerprint density at radius 3 is 2.68 bits per heavy atom. The van der Waals surface area contributed by atoms with Crippen molar-refractivity contribution >= 4 is 5.69 Å². The molecule has 1 heterocycles. The van der Waals surface area contributed by atoms with Gasteiger partial charge >= 0.3 is 0 Å². The number of pyridine rings is 1. The smallest absolute Gasteiger partial charge is 0.140 e. The second-order valence-corrected chi connectivity index (χ2v) is 4.96. The van der Waals surface area contributed by atoms with Crippen LogP contribution in [-0.2, 0) is 4.74 Å². The standard InChI is InChI=1S/C15H21N3O/c16-11-13-7-8-14(12-18-13)17-9-10-19-15-5-3-1-2-4-6-15/h7-8,12,15,17H,1-6,9-10H2. The van der Waals surface area contributed by atoms with Crippen LogP contribution in [0.2, 0.25) is 0 Å². The van der Waals surface area contributed by atoms with Gasteiger partial charge in [-0.1, -0.05) is 25.7 Å². The molecule has 0 aliphatic heterocycles. The Morgan fingerprint density at radius 2 is 2.05 bits per heavy atom. The number of ether oxygens (including phenoxy) is 1. The molecule has 0 aromatic carbocycles. The molecular formula is C15H21N3O. The molecule has 2 rings (SSSR count). The van der Waals surface area contributed by atoms with Gasteiger partial charge in [-0.25, -0.2) is 4.98 Å². The van der Waals surface area contributed by atoms with Crippen LogP contribution in [0.5, 0.6) is 0 Å². The van der Waals surface area contributed by atoms with Gasteiger partial charge in [0.25, 0.3) is 0 Å². The monoisotopic (exact) mass is 259 g/mol. The minimum Gasteiger partial charge on any atom is -0.381 e. The van der Waals surface area contributed by atoms with Crippen LogP contribution in [-0.4, -0.2) is 24.2 Å². The van der Waals surface area contributed by atoms with Gasteiger partial charge < -0.3 is 10.1 Å². The molecule has 1 aliphatic carbocycles. The number of anilines is 1. The summed E-state index contributed by atoms with van der Waals surface area (Å²) in [4.78, 5) is 4.01. The van der Waals surface area contributed by atoms with E-state index in [4.69, 9.17) is 10.00 Å². The molecule has 0 bridgehead atoms. The molecule has 0 spiro atoms. The predicted molar refractivity (Wildman–Crippen MR) is 74.9 cm³/mol. The predicted octanol–water partition coefficient (Wildman–Crippen LogP) is 3.10. The molecule has 4 heteroatoms. The third kappa shape index (κ3) is 4.88. The summed E-state index contributed by atoms with van der Waals surface area (Å²) >= 11 is 0. The molecule has 102 valence electrons. The van der Waals surface area contributed by atoms with E-state index >= 15 is 0 Å². The molecule has 1 aromatic heterocycles. The lowest BCUT2D eigenvalue weighted by Gasteiger charge is -2.15. The average Bonchev–Trinajstić information content (AvgIpc) is 2.73. The third-order valence-electron chi connectivity index (χ3n) is 3.46. The molecule has 0 radical (unpaired) electrons. The van der Waals surface area contributed by atoms with Crippen LogP contribution in [0, 0.1) is 11.3 Å². The van der Waals surface area contributed by atoms with Gasteiger partial charge in [0.15, 0.2) is 0 Å². The number of aromatic nitrogens is 1. The summed E-state index contributed by atoms with van der Waals surface area (Å²) in [5.41, 5.74) is 1.38. The highest BCUT2D eigenvalue weighted by Gasteiger charge is 2.11. The van der Waals surface area contributed by atoms with Crippen LogP contribution in [0.1, 0.15) is 44.2 Å². The van der Waals surface area contributed by atoms with Crippen LogP contribution >= 0.6 is 0 Å². The summed E-state index contributed by atoms with van der Waals surface area (Å²) in [6.45, 7) is 1.51. The summed E-state index contributed by atoms with van der Waals surface area (Å²) in [6, 6.07) is 5.60. The van der Waals surface area contributed by atoms with Crippen molar-refractivity contribution in [3.8, 4) is 6.07 Å². The fourth-order valence-corrected chi connectivity index (χ4v) is 2.39. The number of nitriles is 1. The van der Waals surface area contributed by atoms with Gasteiger partial charge in [-0.05, 0) is 25.0 Å². The van der Waals surface area contributed by atoms with Crippen molar-refractivity contribution in [3.05, 3.63) is 24.0 Å². The molecule has 1 N–H and O–H groups in total. The normalized spacial score (nSPS) is 16.6. The van der Waals surface area contributed by atoms with E-state index in [2.05, 4.69) is 10.3 Å². The van der Waals surface area contributed by atoms with Gasteiger partial charge in [0.1, 0.15) is 11.8 Å². The number of nitrogens with one attached hydrogen (secondary N) is 1. The maximum absolute atomic E-state index is 8.66. The number of hydrogen-bond acceptors (Lipinski definition) is 4. The Kier molecular flexibility index (Phi) is 5.64. The highest BCUT2D eigenvalue weighted by molar-refractivity contribution is 5.42. The maximum Gasteiger partial charge on any atom is 0.140 e. The zero-order valence-electron chi connectivity index (χ0n) is 11.3. The minimum atomic E-state index is 0.445. The van der Waals surface area contributed by atoms with Crippen molar-refractivity contribution in [1.82, 2.24) is 4.98 Å². The lowest BCUT2D eigenvalue weighted by atomic mass is 10.1. The molecule has 0 atom stereocenters. The summed E-state index contributed by atoms with van der Waals surface area (Å²) in [5, 5.41) is 11.9. The van der Waals surface area contributed by atoms with Crippen LogP contribution in [0.25, 0.3) is 0 Å². The van der Waals surface area contributed by atoms with Gasteiger partial charge in [0.05, 0.1) is 24.6 Å². The van der Waals surface area contributed by atoms with E-state index in [0.29, 0.717) is 11.8 Å². The Bertz CT molecular complexity index is 402. The summed E-state index contributed by atoms with van der Waals surface area (Å²) in [7, 11) is 0. The molecule has 4 nitrogen and oxygen atoms in total. The van der Waals surface area contributed by atoms with E-state index in [1.54, 1.807) is 12.3 Å². The SMILES string of the molecule is N#Cc1ccc(NCCOC2CCCCCC2)cn1. The average molecular weight is 259 g/mol. The first-order valence-corrected chi connectivity index (χ1v) is 7.10. The number of hydrogen-bond donors (Lipinski definition) is 1. The van der Waals surface area contributed by atoms with Crippen molar-refractivity contribution in [2.75, 3.05) is 18.5 Å². The van der Waals surface area contributed by atoms with E-state index in [9.17, 15) is 0 Å². The summed E-state index contributed by atoms with van der Waals surface area (Å²) < 4.78 is 5.89. The van der Waals surface area contributed by atoms with Gasteiger partial charge in [0, 0.05) is 6.54 Å². The Balaban J connectivity index is 1.64. The fourth-order valence-electron chi connectivity index (χ4n) is 2.39. The van der Waals surface area contributed by atoms with E-state index in [-0.39, 0.29) is 0 Å². The minimum absolute atomic E-state index is 0.445. The topological polar surface area (TPSA) is 57.9 Å². The molecule has 0 saturated heterocycles. The first-order valence-electron chi connectivity index (χ1n) is 7.10. The second kappa shape index (κ2) is 7.75. The zero-order valence-corrected chi connectivity index (χ0v) is 11.3. The summed E-state index contributed by atoms with van der Waals surface area (Å²) in [6.07, 6.45) is 9.86. The van der Waals surface area contributed by atoms with E-state index in [1.165, 1.54) is 38.5 Å². The highest BCUT2D eigenvalue weighted by atomic mass is 16.5. The molecule has 1 aromatic rings. The lowest BCUT2D eigenvalue weighted by molar-refractivity contribution is 0.0501. The van der Waals surface area contributed by atoms with E-state index in [1.807, 2.05) is 12.1 Å². The molecule has 1 fully saturated rings. The van der Waals surface area contributed by atoms with Crippen LogP contribution in [0.3, 0.4) is 0 Å². The van der Waals surface area contributed by atoms with Crippen molar-refractivity contribution in [2.24, 2.45) is 0 Å². The van der Waals surface area contributed by atoms with E-state index < -0.39 is 0 Å². The Morgan fingerprint density at radius 1 is 1.26 bits per heavy atom. The molecule has 19 heavy (non-hydrogen) atoms. The van der Waals surface area contributed by atoms with Crippen molar-refractivity contribution < 1.29 is 4.74 Å². The fraction of sp³-hybridized carbons (Fsp3) is 0.600. The van der Waals surface area contributed by atoms with Crippen molar-refractivity contribution in [2.45, 2.75) is 44.6 Å². The maximum atomic E-state index is 8.66. The quantitative estimate of drug-likeness (QED) is 0.652. The van der Waals surface area contributed by atoms with Crippen LogP contribution in [0.4, 0.5) is 5.69 Å². The largest absolute Gasteiger partial charge is 0.381 e. The molecule has 0 unspecified atom stereocenters. The number of rotatable bonds is 5. The van der Waals surface area contributed by atoms with Gasteiger partial charge in [-0.15, -0.1) is 0 Å². The van der Waals surface area contributed by atoms with Crippen LogP contribution in [0.15, 0.2) is 18.3 Å². The molecule has 0 amide bonds. The first-order chi connectivity index (χ1) is 9.38. The van der Waals surface area contributed by atoms with Gasteiger partial charge in [-0.3, -0.25) is 0 Å². The van der Waals surface area contributed by atoms with Gasteiger partial charge in [-0.2, -0.15) is 5.26 Å². The molecular weight excluding hydrogens is 238 g/mol. The van der Waals surface area contributed by atoms with Crippen molar-refractivity contribution in [1.29, 1.82) is 5.26 Å². The lowest BCUT2D eigenvalue weighted by Crippen LogP contribution is -2.17. The Labute approximate surface area is 114 Å². The number of nitrogens with zero attached hydrogens (tertiary/aromatic N) is 2. The second-order valence-electron chi connectivity index (χ2n) is 4.96.